The predicted molar refractivity (Wildman–Crippen MR) is 373 cm³/mol. The van der Waals surface area contributed by atoms with E-state index in [1.54, 1.807) is 71.6 Å². The Hall–Kier alpha value is -11.3. The number of esters is 1. The second-order valence-corrected chi connectivity index (χ2v) is 26.1. The number of nitrogens with zero attached hydrogens (tertiary/aromatic N) is 5. The fourth-order valence-electron chi connectivity index (χ4n) is 12.7. The molecule has 32 heteroatoms. The van der Waals surface area contributed by atoms with E-state index in [9.17, 15) is 63.0 Å². The molecule has 9 aromatic rings. The van der Waals surface area contributed by atoms with Gasteiger partial charge >= 0.3 is 17.9 Å². The lowest BCUT2D eigenvalue weighted by molar-refractivity contribution is -0.242. The minimum absolute atomic E-state index is 0.000103. The number of nitrogen functional groups attached to an aromatic ring is 1. The van der Waals surface area contributed by atoms with Crippen LogP contribution in [0.25, 0.3) is 43.7 Å². The van der Waals surface area contributed by atoms with Crippen molar-refractivity contribution < 1.29 is 72.4 Å². The quantitative estimate of drug-likeness (QED) is 0.00876. The second kappa shape index (κ2) is 29.7. The molecule has 1 saturated heterocycles. The molecule has 6 heterocycles. The van der Waals surface area contributed by atoms with Gasteiger partial charge in [0.25, 0.3) is 23.3 Å². The van der Waals surface area contributed by atoms with Gasteiger partial charge in [0, 0.05) is 126 Å². The maximum Gasteiger partial charge on any atom is 0.327 e. The number of aromatic amines is 3. The molecule has 522 valence electrons. The molecule has 12 rings (SSSR count). The predicted octanol–water partition coefficient (Wildman–Crippen LogP) is 6.77. The van der Waals surface area contributed by atoms with E-state index in [1.807, 2.05) is 24.3 Å². The van der Waals surface area contributed by atoms with Gasteiger partial charge < -0.3 is 71.6 Å². The first-order valence-corrected chi connectivity index (χ1v) is 33.7. The number of hydrogen-bond acceptors (Lipinski definition) is 20. The van der Waals surface area contributed by atoms with Crippen LogP contribution in [0.1, 0.15) is 100 Å². The SMILES string of the molecule is COC1(OCCN2C(=O)CC(SC[C@H](NC(=O)CC[C@H](NC(=O)c3ccc(NCc4cnc5nc(N)[nH]c(=O)c5n4)cc3)C(=O)O)C(=O)O)C2=O)CCC(C(=O)Nc2ccc3[nH]c(C(=O)Nc4ccc5[nH]c(C(=O)N6CC(CCl)c7c6cc(OC(C)=O)c6ccccc76)cc5c4)cc3c2)CC1. The topological polar surface area (TPSA) is 435 Å². The smallest absolute Gasteiger partial charge is 0.327 e. The first kappa shape index (κ1) is 69.6. The number of methoxy groups -OCH3 is 1. The van der Waals surface area contributed by atoms with Crippen molar-refractivity contribution in [3.63, 3.8) is 0 Å². The third kappa shape index (κ3) is 15.5. The van der Waals surface area contributed by atoms with Crippen molar-refractivity contribution in [3.05, 3.63) is 148 Å². The number of anilines is 5. The summed E-state index contributed by atoms with van der Waals surface area (Å²) in [6.07, 6.45) is 1.67. The molecule has 1 aliphatic carbocycles. The van der Waals surface area contributed by atoms with E-state index in [4.69, 9.17) is 31.5 Å². The average molecular weight is 1420 g/mol. The number of carboxylic acid groups (broad SMARTS) is 2. The van der Waals surface area contributed by atoms with Gasteiger partial charge in [-0.2, -0.15) is 4.98 Å². The Labute approximate surface area is 582 Å². The molecular formula is C69H67ClN14O16S. The molecule has 5 aromatic carbocycles. The highest BCUT2D eigenvalue weighted by Crippen LogP contribution is 2.46. The minimum atomic E-state index is -1.53. The molecule has 0 spiro atoms. The summed E-state index contributed by atoms with van der Waals surface area (Å²) in [6.45, 7) is 1.54. The zero-order chi connectivity index (χ0) is 71.4. The van der Waals surface area contributed by atoms with Gasteiger partial charge in [-0.15, -0.1) is 23.4 Å². The summed E-state index contributed by atoms with van der Waals surface area (Å²) in [5, 5.41) is 35.5. The fourth-order valence-corrected chi connectivity index (χ4v) is 14.1. The third-order valence-corrected chi connectivity index (χ3v) is 19.6. The van der Waals surface area contributed by atoms with Crippen molar-refractivity contribution in [2.45, 2.75) is 87.5 Å². The molecule has 4 aromatic heterocycles. The molecule has 2 unspecified atom stereocenters. The van der Waals surface area contributed by atoms with Crippen LogP contribution in [-0.4, -0.2) is 166 Å². The van der Waals surface area contributed by atoms with Gasteiger partial charge in [0.05, 0.1) is 42.5 Å². The summed E-state index contributed by atoms with van der Waals surface area (Å²) >= 11 is 7.35. The van der Waals surface area contributed by atoms with Crippen LogP contribution < -0.4 is 47.5 Å². The summed E-state index contributed by atoms with van der Waals surface area (Å²) in [5.74, 6) is -8.55. The number of aromatic nitrogens is 6. The Morgan fingerprint density at radius 1 is 0.792 bits per heavy atom. The van der Waals surface area contributed by atoms with E-state index in [0.717, 1.165) is 33.0 Å². The number of carbonyl (C=O) groups excluding carboxylic acids is 8. The molecule has 1 saturated carbocycles. The largest absolute Gasteiger partial charge is 0.480 e. The van der Waals surface area contributed by atoms with Gasteiger partial charge in [-0.25, -0.2) is 19.6 Å². The number of ether oxygens (including phenoxy) is 3. The molecule has 12 N–H and O–H groups in total. The molecule has 2 aliphatic heterocycles. The molecule has 0 radical (unpaired) electrons. The van der Waals surface area contributed by atoms with E-state index in [0.29, 0.717) is 93.9 Å². The van der Waals surface area contributed by atoms with E-state index < -0.39 is 94.9 Å². The van der Waals surface area contributed by atoms with Crippen LogP contribution in [0, 0.1) is 5.92 Å². The number of nitrogens with one attached hydrogen (secondary N) is 8. The van der Waals surface area contributed by atoms with E-state index >= 15 is 0 Å². The van der Waals surface area contributed by atoms with E-state index in [1.165, 1.54) is 32.4 Å². The molecule has 4 atom stereocenters. The standard InChI is InChI=1S/C69H67ClN14O16S/c1-34(85)100-53-27-52-57(45-6-4-3-5-44(45)53)39(29-70)32-84(52)64(92)50-26-38-24-42(12-14-47(38)78-50)76-62(90)49-25-37-23-41(11-13-46(37)77-49)75-60(88)36-17-19-69(98-2,20-18-36)99-22-21-83-56(87)28-54(65(83)93)101-33-51(67(96)97)79-55(86)16-15-48(66(94)95)80-61(89)35-7-9-40(10-8-35)72-30-43-31-73-59-58(74-43)63(91)82-68(71)81-59/h3-14,23-27,31,36,39,48,51,54,72,77-78H,15-22,28-30,32-33H2,1-2H3,(H,75,88)(H,76,90)(H,79,86)(H,80,89)(H,94,95)(H,96,97)(H3,71,73,81,82,91)/t36?,39?,48-,51-,54?,69?/m0/s1. The first-order chi connectivity index (χ1) is 48.5. The van der Waals surface area contributed by atoms with Crippen molar-refractivity contribution in [3.8, 4) is 5.75 Å². The molecule has 30 nitrogen and oxygen atoms in total. The Bertz CT molecular complexity index is 4880. The molecule has 2 fully saturated rings. The number of thioether (sulfide) groups is 1. The zero-order valence-corrected chi connectivity index (χ0v) is 55.8. The molecule has 3 aliphatic rings. The number of carbonyl (C=O) groups is 10. The summed E-state index contributed by atoms with van der Waals surface area (Å²) in [7, 11) is 1.47. The lowest BCUT2D eigenvalue weighted by atomic mass is 9.84. The van der Waals surface area contributed by atoms with Crippen LogP contribution in [0.15, 0.2) is 114 Å². The minimum Gasteiger partial charge on any atom is -0.480 e. The number of hydrogen-bond donors (Lipinski definition) is 11. The Morgan fingerprint density at radius 3 is 2.15 bits per heavy atom. The highest BCUT2D eigenvalue weighted by molar-refractivity contribution is 8.00. The number of likely N-dealkylation sites (tertiary alicyclic amines) is 1. The molecule has 7 amide bonds. The van der Waals surface area contributed by atoms with Crippen LogP contribution in [0.5, 0.6) is 5.75 Å². The number of alkyl halides is 1. The average Bonchev–Trinajstić information content (AvgIpc) is 1.63. The van der Waals surface area contributed by atoms with Crippen molar-refractivity contribution >= 4 is 155 Å². The van der Waals surface area contributed by atoms with Gasteiger partial charge in [-0.1, -0.05) is 24.3 Å². The Morgan fingerprint density at radius 2 is 1.47 bits per heavy atom. The summed E-state index contributed by atoms with van der Waals surface area (Å²) in [4.78, 5) is 167. The molecular weight excluding hydrogens is 1350 g/mol. The van der Waals surface area contributed by atoms with Crippen molar-refractivity contribution in [2.75, 3.05) is 65.0 Å². The number of imide groups is 1. The van der Waals surface area contributed by atoms with E-state index in [-0.39, 0.29) is 83.9 Å². The maximum atomic E-state index is 14.3. The summed E-state index contributed by atoms with van der Waals surface area (Å²) in [5.41, 5.74) is 10.5. The second-order valence-electron chi connectivity index (χ2n) is 24.6. The fraction of sp³-hybridized carbons (Fsp3) is 0.304. The Balaban J connectivity index is 0.567. The number of carboxylic acids is 2. The lowest BCUT2D eigenvalue weighted by Gasteiger charge is -2.38. The van der Waals surface area contributed by atoms with Crippen LogP contribution in [0.4, 0.5) is 28.7 Å². The molecule has 0 bridgehead atoms. The normalized spacial score (nSPS) is 18.0. The third-order valence-electron chi connectivity index (χ3n) is 17.9. The monoisotopic (exact) mass is 1410 g/mol. The number of fused-ring (bicyclic) bond motifs is 6. The van der Waals surface area contributed by atoms with Gasteiger partial charge in [0.1, 0.15) is 29.2 Å². The summed E-state index contributed by atoms with van der Waals surface area (Å²) in [6, 6.07) is 26.0. The van der Waals surface area contributed by atoms with Gasteiger partial charge in [-0.3, -0.25) is 53.0 Å². The highest BCUT2D eigenvalue weighted by atomic mass is 35.5. The number of benzene rings is 5. The number of aliphatic carboxylic acids is 2. The van der Waals surface area contributed by atoms with Gasteiger partial charge in [0.15, 0.2) is 17.0 Å². The Kier molecular flexibility index (Phi) is 20.4. The van der Waals surface area contributed by atoms with Crippen molar-refractivity contribution in [1.29, 1.82) is 0 Å². The van der Waals surface area contributed by atoms with Crippen LogP contribution in [0.2, 0.25) is 0 Å². The van der Waals surface area contributed by atoms with Crippen LogP contribution in [-0.2, 0) is 49.6 Å². The maximum absolute atomic E-state index is 14.3. The molecule has 101 heavy (non-hydrogen) atoms. The number of amides is 7. The number of halogens is 1. The zero-order valence-electron chi connectivity index (χ0n) is 54.2. The van der Waals surface area contributed by atoms with Crippen LogP contribution in [0.3, 0.4) is 0 Å². The summed E-state index contributed by atoms with van der Waals surface area (Å²) < 4.78 is 17.6. The van der Waals surface area contributed by atoms with Gasteiger partial charge in [-0.05, 0) is 103 Å². The van der Waals surface area contributed by atoms with Crippen LogP contribution >= 0.6 is 23.4 Å². The number of rotatable bonds is 26. The van der Waals surface area contributed by atoms with E-state index in [2.05, 4.69) is 56.5 Å². The lowest BCUT2D eigenvalue weighted by Crippen LogP contribution is -2.45. The van der Waals surface area contributed by atoms with Crippen molar-refractivity contribution in [2.24, 2.45) is 5.92 Å². The number of H-pyrrole nitrogens is 3. The van der Waals surface area contributed by atoms with Crippen molar-refractivity contribution in [1.82, 2.24) is 45.4 Å². The highest BCUT2D eigenvalue weighted by Gasteiger charge is 2.43. The van der Waals surface area contributed by atoms with Gasteiger partial charge in [0.2, 0.25) is 29.6 Å². The number of nitrogens with two attached hydrogens (primary N) is 1. The first-order valence-electron chi connectivity index (χ1n) is 32.1.